The van der Waals surface area contributed by atoms with Crippen LogP contribution in [0, 0.1) is 5.82 Å². The van der Waals surface area contributed by atoms with E-state index in [9.17, 15) is 4.39 Å². The van der Waals surface area contributed by atoms with Crippen LogP contribution in [-0.4, -0.2) is 6.54 Å². The first-order chi connectivity index (χ1) is 8.69. The van der Waals surface area contributed by atoms with E-state index in [2.05, 4.69) is 39.6 Å². The van der Waals surface area contributed by atoms with Gasteiger partial charge in [-0.05, 0) is 63.6 Å². The number of likely N-dealkylation sites (N-methyl/N-ethyl adjacent to an activating group) is 1. The highest BCUT2D eigenvalue weighted by Crippen LogP contribution is 2.27. The van der Waals surface area contributed by atoms with Crippen molar-refractivity contribution >= 4 is 27.3 Å². The van der Waals surface area contributed by atoms with Crippen LogP contribution in [-0.2, 0) is 6.42 Å². The molecule has 0 amide bonds. The van der Waals surface area contributed by atoms with Crippen LogP contribution in [0.1, 0.15) is 24.1 Å². The molecule has 0 aliphatic carbocycles. The minimum Gasteiger partial charge on any atom is -0.310 e. The summed E-state index contributed by atoms with van der Waals surface area (Å²) < 4.78 is 14.3. The highest BCUT2D eigenvalue weighted by molar-refractivity contribution is 9.11. The molecular formula is C14H15BrFNS. The maximum Gasteiger partial charge on any atom is 0.123 e. The van der Waals surface area contributed by atoms with Crippen molar-refractivity contribution in [1.82, 2.24) is 5.32 Å². The number of halogens is 2. The van der Waals surface area contributed by atoms with Gasteiger partial charge in [0.1, 0.15) is 5.82 Å². The van der Waals surface area contributed by atoms with Gasteiger partial charge in [0.25, 0.3) is 0 Å². The quantitative estimate of drug-likeness (QED) is 0.849. The molecule has 0 fully saturated rings. The Balaban J connectivity index is 2.16. The van der Waals surface area contributed by atoms with Crippen molar-refractivity contribution in [2.45, 2.75) is 19.4 Å². The van der Waals surface area contributed by atoms with E-state index in [1.807, 2.05) is 6.07 Å². The molecule has 1 aromatic carbocycles. The molecule has 1 atom stereocenters. The summed E-state index contributed by atoms with van der Waals surface area (Å²) in [6, 6.07) is 9.17. The van der Waals surface area contributed by atoms with Crippen LogP contribution < -0.4 is 5.32 Å². The van der Waals surface area contributed by atoms with Crippen molar-refractivity contribution in [2.24, 2.45) is 0 Å². The summed E-state index contributed by atoms with van der Waals surface area (Å²) in [5.41, 5.74) is 2.27. The fourth-order valence-corrected chi connectivity index (χ4v) is 3.19. The third kappa shape index (κ3) is 3.64. The lowest BCUT2D eigenvalue weighted by Gasteiger charge is -2.17. The van der Waals surface area contributed by atoms with Gasteiger partial charge in [-0.25, -0.2) is 4.39 Å². The maximum absolute atomic E-state index is 13.2. The zero-order valence-electron chi connectivity index (χ0n) is 10.1. The molecule has 1 aromatic heterocycles. The van der Waals surface area contributed by atoms with E-state index in [0.717, 1.165) is 22.3 Å². The van der Waals surface area contributed by atoms with Gasteiger partial charge in [-0.2, -0.15) is 0 Å². The van der Waals surface area contributed by atoms with Crippen molar-refractivity contribution in [3.63, 3.8) is 0 Å². The number of hydrogen-bond donors (Lipinski definition) is 1. The highest BCUT2D eigenvalue weighted by atomic mass is 79.9. The van der Waals surface area contributed by atoms with Crippen molar-refractivity contribution < 1.29 is 4.39 Å². The third-order valence-corrected chi connectivity index (χ3v) is 4.29. The monoisotopic (exact) mass is 327 g/mol. The molecule has 2 aromatic rings. The van der Waals surface area contributed by atoms with Gasteiger partial charge in [0.05, 0.1) is 3.79 Å². The zero-order valence-corrected chi connectivity index (χ0v) is 12.5. The number of hydrogen-bond acceptors (Lipinski definition) is 2. The Morgan fingerprint density at radius 1 is 1.39 bits per heavy atom. The summed E-state index contributed by atoms with van der Waals surface area (Å²) in [7, 11) is 0. The van der Waals surface area contributed by atoms with Crippen LogP contribution in [0.5, 0.6) is 0 Å². The van der Waals surface area contributed by atoms with Crippen LogP contribution in [0.2, 0.25) is 0 Å². The molecule has 0 aliphatic rings. The van der Waals surface area contributed by atoms with E-state index in [1.54, 1.807) is 23.5 Å². The molecular weight excluding hydrogens is 313 g/mol. The smallest absolute Gasteiger partial charge is 0.123 e. The Morgan fingerprint density at radius 3 is 2.83 bits per heavy atom. The van der Waals surface area contributed by atoms with E-state index in [-0.39, 0.29) is 11.9 Å². The van der Waals surface area contributed by atoms with Crippen LogP contribution in [0.3, 0.4) is 0 Å². The first-order valence-electron chi connectivity index (χ1n) is 5.90. The van der Waals surface area contributed by atoms with Crippen LogP contribution >= 0.6 is 27.3 Å². The van der Waals surface area contributed by atoms with Crippen molar-refractivity contribution in [3.05, 3.63) is 56.4 Å². The minimum atomic E-state index is -0.172. The Morgan fingerprint density at radius 2 is 2.22 bits per heavy atom. The minimum absolute atomic E-state index is 0.172. The molecule has 18 heavy (non-hydrogen) atoms. The fourth-order valence-electron chi connectivity index (χ4n) is 1.96. The van der Waals surface area contributed by atoms with Crippen molar-refractivity contribution in [2.75, 3.05) is 6.54 Å². The van der Waals surface area contributed by atoms with Crippen LogP contribution in [0.25, 0.3) is 0 Å². The normalized spacial score (nSPS) is 12.6. The summed E-state index contributed by atoms with van der Waals surface area (Å²) in [6.07, 6.45) is 0.800. The largest absolute Gasteiger partial charge is 0.310 e. The molecule has 0 spiro atoms. The van der Waals surface area contributed by atoms with Crippen LogP contribution in [0.4, 0.5) is 4.39 Å². The number of rotatable bonds is 5. The van der Waals surface area contributed by atoms with E-state index in [0.29, 0.717) is 0 Å². The summed E-state index contributed by atoms with van der Waals surface area (Å²) >= 11 is 5.15. The van der Waals surface area contributed by atoms with Crippen molar-refractivity contribution in [1.29, 1.82) is 0 Å². The first kappa shape index (κ1) is 13.7. The Hall–Kier alpha value is -0.710. The number of benzene rings is 1. The molecule has 1 N–H and O–H groups in total. The first-order valence-corrected chi connectivity index (χ1v) is 7.58. The Bertz CT molecular complexity index is 512. The molecule has 2 rings (SSSR count). The second-order valence-corrected chi connectivity index (χ2v) is 6.42. The lowest BCUT2D eigenvalue weighted by molar-refractivity contribution is 0.548. The van der Waals surface area contributed by atoms with Crippen LogP contribution in [0.15, 0.2) is 39.5 Å². The van der Waals surface area contributed by atoms with E-state index in [4.69, 9.17) is 0 Å². The summed E-state index contributed by atoms with van der Waals surface area (Å²) in [5.74, 6) is -0.172. The average Bonchev–Trinajstić information content (AvgIpc) is 2.75. The van der Waals surface area contributed by atoms with Gasteiger partial charge < -0.3 is 5.32 Å². The third-order valence-electron chi connectivity index (χ3n) is 2.77. The molecule has 1 heterocycles. The molecule has 0 aliphatic heterocycles. The molecule has 0 bridgehead atoms. The van der Waals surface area contributed by atoms with Gasteiger partial charge in [0, 0.05) is 6.04 Å². The average molecular weight is 328 g/mol. The van der Waals surface area contributed by atoms with Gasteiger partial charge >= 0.3 is 0 Å². The van der Waals surface area contributed by atoms with Gasteiger partial charge in [-0.1, -0.05) is 19.1 Å². The maximum atomic E-state index is 13.2. The predicted octanol–water partition coefficient (Wildman–Crippen LogP) is 4.54. The zero-order chi connectivity index (χ0) is 13.0. The van der Waals surface area contributed by atoms with E-state index >= 15 is 0 Å². The second kappa shape index (κ2) is 6.45. The SMILES string of the molecule is CCNC(Cc1cccc(F)c1)c1csc(Br)c1. The predicted molar refractivity (Wildman–Crippen MR) is 78.5 cm³/mol. The molecule has 4 heteroatoms. The van der Waals surface area contributed by atoms with E-state index in [1.165, 1.54) is 11.6 Å². The standard InChI is InChI=1S/C14H15BrFNS/c1-2-17-13(11-8-14(15)18-9-11)7-10-4-3-5-12(16)6-10/h3-6,8-9,13,17H,2,7H2,1H3. The van der Waals surface area contributed by atoms with Gasteiger partial charge in [0.2, 0.25) is 0 Å². The lowest BCUT2D eigenvalue weighted by atomic mass is 10.0. The van der Waals surface area contributed by atoms with Gasteiger partial charge in [0.15, 0.2) is 0 Å². The summed E-state index contributed by atoms with van der Waals surface area (Å²) in [5, 5.41) is 5.58. The van der Waals surface area contributed by atoms with Gasteiger partial charge in [-0.3, -0.25) is 0 Å². The summed E-state index contributed by atoms with van der Waals surface area (Å²) in [4.78, 5) is 0. The van der Waals surface area contributed by atoms with E-state index < -0.39 is 0 Å². The number of thiophene rings is 1. The van der Waals surface area contributed by atoms with Gasteiger partial charge in [-0.15, -0.1) is 11.3 Å². The highest BCUT2D eigenvalue weighted by Gasteiger charge is 2.13. The second-order valence-electron chi connectivity index (χ2n) is 4.13. The molecule has 0 saturated heterocycles. The molecule has 96 valence electrons. The molecule has 0 saturated carbocycles. The summed E-state index contributed by atoms with van der Waals surface area (Å²) in [6.45, 7) is 2.98. The Kier molecular flexibility index (Phi) is 4.92. The molecule has 0 radical (unpaired) electrons. The lowest BCUT2D eigenvalue weighted by Crippen LogP contribution is -2.22. The van der Waals surface area contributed by atoms with Crippen molar-refractivity contribution in [3.8, 4) is 0 Å². The number of nitrogens with one attached hydrogen (secondary N) is 1. The molecule has 1 unspecified atom stereocenters. The fraction of sp³-hybridized carbons (Fsp3) is 0.286. The topological polar surface area (TPSA) is 12.0 Å². The molecule has 1 nitrogen and oxygen atoms in total. The Labute approximate surface area is 119 Å².